The van der Waals surface area contributed by atoms with E-state index in [1.807, 2.05) is 55.7 Å². The molecule has 0 unspecified atom stereocenters. The summed E-state index contributed by atoms with van der Waals surface area (Å²) in [5.74, 6) is -1.09. The smallest absolute Gasteiger partial charge is 0.243 e. The van der Waals surface area contributed by atoms with Gasteiger partial charge in [-0.1, -0.05) is 51.1 Å². The molecule has 1 amide bonds. The molecule has 0 fully saturated rings. The Bertz CT molecular complexity index is 1430. The Balaban J connectivity index is 1.79. The third-order valence-electron chi connectivity index (χ3n) is 6.93. The van der Waals surface area contributed by atoms with Crippen LogP contribution in [0.15, 0.2) is 59.5 Å². The van der Waals surface area contributed by atoms with Crippen molar-refractivity contribution in [1.29, 1.82) is 0 Å². The second-order valence-corrected chi connectivity index (χ2v) is 12.5. The minimum absolute atomic E-state index is 0.0181. The van der Waals surface area contributed by atoms with E-state index in [1.165, 1.54) is 16.4 Å². The molecule has 10 heteroatoms. The standard InChI is InChI=1S/C28H33FN4O4S/c1-28(2,3)22(27(35)30-4)17-24(34)25-23-18-32(38(36,37)21-13-11-20(29)12-14-21)15-8-16-33(23)26(31-25)19-9-6-5-7-10-19/h5-7,9-14,22H,8,15-18H2,1-4H3,(H,30,35)/t22-/m1/s1. The fourth-order valence-electron chi connectivity index (χ4n) is 4.78. The van der Waals surface area contributed by atoms with Crippen molar-refractivity contribution in [2.75, 3.05) is 13.6 Å². The number of hydrogen-bond donors (Lipinski definition) is 1. The highest BCUT2D eigenvalue weighted by atomic mass is 32.2. The summed E-state index contributed by atoms with van der Waals surface area (Å²) >= 11 is 0. The van der Waals surface area contributed by atoms with Gasteiger partial charge in [-0.05, 0) is 36.1 Å². The van der Waals surface area contributed by atoms with Crippen LogP contribution in [0.5, 0.6) is 0 Å². The zero-order valence-corrected chi connectivity index (χ0v) is 22.9. The van der Waals surface area contributed by atoms with Crippen molar-refractivity contribution in [3.63, 3.8) is 0 Å². The molecule has 0 saturated heterocycles. The van der Waals surface area contributed by atoms with Crippen LogP contribution in [0.4, 0.5) is 4.39 Å². The fourth-order valence-corrected chi connectivity index (χ4v) is 6.22. The molecule has 0 radical (unpaired) electrons. The van der Waals surface area contributed by atoms with Gasteiger partial charge in [0.25, 0.3) is 0 Å². The van der Waals surface area contributed by atoms with Gasteiger partial charge in [0.1, 0.15) is 17.3 Å². The van der Waals surface area contributed by atoms with E-state index < -0.39 is 27.2 Å². The lowest BCUT2D eigenvalue weighted by Gasteiger charge is -2.28. The number of amides is 1. The fraction of sp³-hybridized carbons (Fsp3) is 0.393. The molecule has 1 aromatic heterocycles. The Kier molecular flexibility index (Phi) is 7.85. The highest BCUT2D eigenvalue weighted by Crippen LogP contribution is 2.33. The van der Waals surface area contributed by atoms with Gasteiger partial charge in [-0.2, -0.15) is 4.31 Å². The molecule has 2 heterocycles. The van der Waals surface area contributed by atoms with Gasteiger partial charge in [-0.15, -0.1) is 0 Å². The Hall–Kier alpha value is -3.37. The number of nitrogens with zero attached hydrogens (tertiary/aromatic N) is 3. The molecule has 1 atom stereocenters. The van der Waals surface area contributed by atoms with E-state index in [4.69, 9.17) is 4.98 Å². The summed E-state index contributed by atoms with van der Waals surface area (Å²) in [5.41, 5.74) is 0.985. The maximum Gasteiger partial charge on any atom is 0.243 e. The number of nitrogens with one attached hydrogen (secondary N) is 1. The zero-order chi connectivity index (χ0) is 27.7. The summed E-state index contributed by atoms with van der Waals surface area (Å²) in [7, 11) is -2.41. The maximum atomic E-state index is 13.7. The number of imidazole rings is 1. The SMILES string of the molecule is CNC(=O)[C@@H](CC(=O)c1nc(-c2ccccc2)n2c1CN(S(=O)(=O)c1ccc(F)cc1)CCC2)C(C)(C)C. The molecule has 1 aliphatic heterocycles. The van der Waals surface area contributed by atoms with E-state index in [9.17, 15) is 22.4 Å². The van der Waals surface area contributed by atoms with Crippen molar-refractivity contribution in [1.82, 2.24) is 19.2 Å². The molecule has 0 saturated carbocycles. The number of hydrogen-bond acceptors (Lipinski definition) is 5. The first kappa shape index (κ1) is 27.7. The summed E-state index contributed by atoms with van der Waals surface area (Å²) < 4.78 is 43.7. The van der Waals surface area contributed by atoms with Crippen LogP contribution in [-0.2, 0) is 27.9 Å². The number of ketones is 1. The van der Waals surface area contributed by atoms with Gasteiger partial charge >= 0.3 is 0 Å². The van der Waals surface area contributed by atoms with Gasteiger partial charge in [0.2, 0.25) is 15.9 Å². The van der Waals surface area contributed by atoms with Crippen molar-refractivity contribution in [3.05, 3.63) is 71.8 Å². The van der Waals surface area contributed by atoms with Crippen LogP contribution >= 0.6 is 0 Å². The zero-order valence-electron chi connectivity index (χ0n) is 22.1. The number of rotatable bonds is 7. The van der Waals surface area contributed by atoms with Crippen LogP contribution in [-0.4, -0.2) is 47.6 Å². The lowest BCUT2D eigenvalue weighted by molar-refractivity contribution is -0.127. The van der Waals surface area contributed by atoms with Crippen molar-refractivity contribution < 1.29 is 22.4 Å². The first-order valence-electron chi connectivity index (χ1n) is 12.6. The van der Waals surface area contributed by atoms with Gasteiger partial charge in [-0.25, -0.2) is 17.8 Å². The minimum atomic E-state index is -3.96. The van der Waals surface area contributed by atoms with Gasteiger partial charge in [0, 0.05) is 32.1 Å². The predicted molar refractivity (Wildman–Crippen MR) is 142 cm³/mol. The van der Waals surface area contributed by atoms with Crippen LogP contribution < -0.4 is 5.32 Å². The number of carbonyl (C=O) groups excluding carboxylic acids is 2. The summed E-state index contributed by atoms with van der Waals surface area (Å²) in [6, 6.07) is 14.1. The molecular weight excluding hydrogens is 507 g/mol. The lowest BCUT2D eigenvalue weighted by Crippen LogP contribution is -2.37. The molecule has 1 aliphatic rings. The van der Waals surface area contributed by atoms with E-state index in [0.717, 1.165) is 17.7 Å². The molecular formula is C28H33FN4O4S. The molecule has 1 N–H and O–H groups in total. The number of halogens is 1. The van der Waals surface area contributed by atoms with Gasteiger partial charge in [-0.3, -0.25) is 9.59 Å². The van der Waals surface area contributed by atoms with Crippen molar-refractivity contribution in [2.24, 2.45) is 11.3 Å². The first-order valence-corrected chi connectivity index (χ1v) is 14.0. The maximum absolute atomic E-state index is 13.7. The minimum Gasteiger partial charge on any atom is -0.359 e. The molecule has 38 heavy (non-hydrogen) atoms. The number of sulfonamides is 1. The predicted octanol–water partition coefficient (Wildman–Crippen LogP) is 4.26. The monoisotopic (exact) mass is 540 g/mol. The van der Waals surface area contributed by atoms with Crippen molar-refractivity contribution in [2.45, 2.75) is 51.6 Å². The van der Waals surface area contributed by atoms with E-state index in [0.29, 0.717) is 24.5 Å². The van der Waals surface area contributed by atoms with Crippen molar-refractivity contribution >= 4 is 21.7 Å². The number of benzene rings is 2. The quantitative estimate of drug-likeness (QED) is 0.451. The lowest BCUT2D eigenvalue weighted by atomic mass is 9.77. The first-order chi connectivity index (χ1) is 17.9. The molecule has 2 aromatic carbocycles. The van der Waals surface area contributed by atoms with Gasteiger partial charge in [0.15, 0.2) is 5.78 Å². The topological polar surface area (TPSA) is 101 Å². The van der Waals surface area contributed by atoms with Crippen LogP contribution in [0.25, 0.3) is 11.4 Å². The summed E-state index contributed by atoms with van der Waals surface area (Å²) in [6.07, 6.45) is 0.437. The number of aromatic nitrogens is 2. The Morgan fingerprint density at radius 3 is 2.32 bits per heavy atom. The molecule has 4 rings (SSSR count). The number of carbonyl (C=O) groups is 2. The Labute approximate surface area is 222 Å². The second-order valence-electron chi connectivity index (χ2n) is 10.6. The number of Topliss-reactive ketones (excluding diaryl/α,β-unsaturated/α-hetero) is 1. The highest BCUT2D eigenvalue weighted by molar-refractivity contribution is 7.89. The molecule has 0 aliphatic carbocycles. The highest BCUT2D eigenvalue weighted by Gasteiger charge is 2.36. The average Bonchev–Trinajstić information content (AvgIpc) is 3.09. The summed E-state index contributed by atoms with van der Waals surface area (Å²) in [5, 5.41) is 2.65. The summed E-state index contributed by atoms with van der Waals surface area (Å²) in [4.78, 5) is 31.1. The third kappa shape index (κ3) is 5.56. The van der Waals surface area contributed by atoms with Gasteiger partial charge in [0.05, 0.1) is 23.1 Å². The summed E-state index contributed by atoms with van der Waals surface area (Å²) in [6.45, 7) is 6.33. The third-order valence-corrected chi connectivity index (χ3v) is 8.79. The molecule has 0 spiro atoms. The Morgan fingerprint density at radius 1 is 1.05 bits per heavy atom. The van der Waals surface area contributed by atoms with Crippen molar-refractivity contribution in [3.8, 4) is 11.4 Å². The second kappa shape index (κ2) is 10.8. The van der Waals surface area contributed by atoms with E-state index in [1.54, 1.807) is 7.05 Å². The largest absolute Gasteiger partial charge is 0.359 e. The van der Waals surface area contributed by atoms with Crippen LogP contribution in [0.3, 0.4) is 0 Å². The van der Waals surface area contributed by atoms with E-state index in [-0.39, 0.29) is 41.8 Å². The van der Waals surface area contributed by atoms with Gasteiger partial charge < -0.3 is 9.88 Å². The Morgan fingerprint density at radius 2 is 1.71 bits per heavy atom. The molecule has 8 nitrogen and oxygen atoms in total. The molecule has 0 bridgehead atoms. The molecule has 202 valence electrons. The van der Waals surface area contributed by atoms with Crippen LogP contribution in [0, 0.1) is 17.2 Å². The van der Waals surface area contributed by atoms with E-state index >= 15 is 0 Å². The normalized spacial score (nSPS) is 15.4. The van der Waals surface area contributed by atoms with Crippen LogP contribution in [0.1, 0.15) is 49.8 Å². The molecule has 3 aromatic rings. The van der Waals surface area contributed by atoms with Crippen LogP contribution in [0.2, 0.25) is 0 Å². The average molecular weight is 541 g/mol. The number of fused-ring (bicyclic) bond motifs is 1. The van der Waals surface area contributed by atoms with E-state index in [2.05, 4.69) is 5.32 Å².